The molecule has 0 bridgehead atoms. The van der Waals surface area contributed by atoms with Crippen molar-refractivity contribution in [3.05, 3.63) is 30.1 Å². The van der Waals surface area contributed by atoms with Crippen LogP contribution in [0.5, 0.6) is 0 Å². The molecule has 0 aliphatic carbocycles. The van der Waals surface area contributed by atoms with Crippen LogP contribution in [0.25, 0.3) is 0 Å². The molecule has 1 aromatic carbocycles. The van der Waals surface area contributed by atoms with Crippen LogP contribution in [0.3, 0.4) is 0 Å². The molecule has 0 radical (unpaired) electrons. The van der Waals surface area contributed by atoms with Crippen LogP contribution in [0, 0.1) is 17.1 Å². The number of nitrogens with one attached hydrogen (secondary N) is 1. The van der Waals surface area contributed by atoms with E-state index >= 15 is 0 Å². The summed E-state index contributed by atoms with van der Waals surface area (Å²) in [6, 6.07) is 8.46. The molecule has 2 aromatic rings. The van der Waals surface area contributed by atoms with Gasteiger partial charge in [0.1, 0.15) is 5.82 Å². The number of hydrogen-bond acceptors (Lipinski definition) is 6. The number of nitrogens with zero attached hydrogens (tertiary/aromatic N) is 3. The number of benzene rings is 1. The zero-order valence-electron chi connectivity index (χ0n) is 9.42. The number of anilines is 2. The number of thioether (sulfide) groups is 1. The number of aromatic nitrogens is 2. The standard InChI is InChI=1S/C11H9FN4S2/c1-7(6-13)17-11-16-15-10(18-11)14-9-5-3-2-4-8(9)12/h2-5,7H,1H3,(H,14,15)/t7-/m1/s1. The zero-order chi connectivity index (χ0) is 13.0. The summed E-state index contributed by atoms with van der Waals surface area (Å²) in [7, 11) is 0. The Balaban J connectivity index is 2.08. The summed E-state index contributed by atoms with van der Waals surface area (Å²) in [6.07, 6.45) is 0. The Hall–Kier alpha value is -1.65. The number of rotatable bonds is 4. The van der Waals surface area contributed by atoms with Gasteiger partial charge in [0.05, 0.1) is 17.0 Å². The van der Waals surface area contributed by atoms with Gasteiger partial charge in [0.25, 0.3) is 0 Å². The van der Waals surface area contributed by atoms with E-state index in [1.165, 1.54) is 29.2 Å². The number of halogens is 1. The Morgan fingerprint density at radius 1 is 1.44 bits per heavy atom. The Bertz CT molecular complexity index is 578. The van der Waals surface area contributed by atoms with Crippen molar-refractivity contribution in [3.63, 3.8) is 0 Å². The first kappa shape index (κ1) is 12.8. The Kier molecular flexibility index (Phi) is 4.12. The van der Waals surface area contributed by atoms with Crippen LogP contribution >= 0.6 is 23.1 Å². The van der Waals surface area contributed by atoms with E-state index in [9.17, 15) is 4.39 Å². The molecule has 18 heavy (non-hydrogen) atoms. The van der Waals surface area contributed by atoms with Crippen LogP contribution in [-0.4, -0.2) is 15.4 Å². The first-order valence-corrected chi connectivity index (χ1v) is 6.80. The molecule has 0 aliphatic rings. The van der Waals surface area contributed by atoms with Crippen LogP contribution in [0.1, 0.15) is 6.92 Å². The second-order valence-corrected chi connectivity index (χ2v) is 5.93. The first-order valence-electron chi connectivity index (χ1n) is 5.10. The van der Waals surface area contributed by atoms with Gasteiger partial charge in [-0.3, -0.25) is 0 Å². The van der Waals surface area contributed by atoms with Gasteiger partial charge in [0, 0.05) is 0 Å². The molecule has 1 N–H and O–H groups in total. The van der Waals surface area contributed by atoms with Gasteiger partial charge < -0.3 is 5.32 Å². The van der Waals surface area contributed by atoms with Crippen LogP contribution in [0.15, 0.2) is 28.6 Å². The van der Waals surface area contributed by atoms with Crippen molar-refractivity contribution >= 4 is 33.9 Å². The maximum atomic E-state index is 13.4. The van der Waals surface area contributed by atoms with E-state index in [-0.39, 0.29) is 11.1 Å². The highest BCUT2D eigenvalue weighted by Gasteiger charge is 2.10. The maximum Gasteiger partial charge on any atom is 0.210 e. The third-order valence-electron chi connectivity index (χ3n) is 1.98. The highest BCUT2D eigenvalue weighted by molar-refractivity contribution is 8.01. The summed E-state index contributed by atoms with van der Waals surface area (Å²) in [4.78, 5) is 0. The number of nitriles is 1. The molecular formula is C11H9FN4S2. The molecule has 0 saturated carbocycles. The monoisotopic (exact) mass is 280 g/mol. The summed E-state index contributed by atoms with van der Waals surface area (Å²) in [5.41, 5.74) is 0.360. The van der Waals surface area contributed by atoms with E-state index in [1.807, 2.05) is 0 Å². The van der Waals surface area contributed by atoms with Crippen molar-refractivity contribution < 1.29 is 4.39 Å². The molecule has 1 atom stereocenters. The van der Waals surface area contributed by atoms with Gasteiger partial charge in [0.2, 0.25) is 5.13 Å². The van der Waals surface area contributed by atoms with Gasteiger partial charge in [-0.2, -0.15) is 5.26 Å². The molecule has 1 heterocycles. The smallest absolute Gasteiger partial charge is 0.210 e. The molecular weight excluding hydrogens is 271 g/mol. The lowest BCUT2D eigenvalue weighted by Crippen LogP contribution is -1.92. The van der Waals surface area contributed by atoms with Gasteiger partial charge >= 0.3 is 0 Å². The average molecular weight is 280 g/mol. The van der Waals surface area contributed by atoms with Crippen LogP contribution in [0.2, 0.25) is 0 Å². The fraction of sp³-hybridized carbons (Fsp3) is 0.182. The van der Waals surface area contributed by atoms with Crippen molar-refractivity contribution in [1.29, 1.82) is 5.26 Å². The molecule has 1 aromatic heterocycles. The fourth-order valence-corrected chi connectivity index (χ4v) is 2.96. The van der Waals surface area contributed by atoms with Gasteiger partial charge in [-0.25, -0.2) is 4.39 Å². The quantitative estimate of drug-likeness (QED) is 0.869. The third kappa shape index (κ3) is 3.18. The average Bonchev–Trinajstić information content (AvgIpc) is 2.79. The van der Waals surface area contributed by atoms with Gasteiger partial charge in [-0.1, -0.05) is 35.2 Å². The fourth-order valence-electron chi connectivity index (χ4n) is 1.16. The minimum Gasteiger partial charge on any atom is -0.328 e. The molecule has 4 nitrogen and oxygen atoms in total. The largest absolute Gasteiger partial charge is 0.328 e. The van der Waals surface area contributed by atoms with Crippen LogP contribution in [-0.2, 0) is 0 Å². The third-order valence-corrected chi connectivity index (χ3v) is 3.90. The van der Waals surface area contributed by atoms with Crippen molar-refractivity contribution in [3.8, 4) is 6.07 Å². The lowest BCUT2D eigenvalue weighted by atomic mass is 10.3. The van der Waals surface area contributed by atoms with E-state index in [0.29, 0.717) is 15.2 Å². The van der Waals surface area contributed by atoms with Crippen molar-refractivity contribution in [2.45, 2.75) is 16.5 Å². The number of hydrogen-bond donors (Lipinski definition) is 1. The molecule has 0 aliphatic heterocycles. The zero-order valence-corrected chi connectivity index (χ0v) is 11.1. The summed E-state index contributed by atoms with van der Waals surface area (Å²) >= 11 is 2.62. The highest BCUT2D eigenvalue weighted by Crippen LogP contribution is 2.30. The summed E-state index contributed by atoms with van der Waals surface area (Å²) in [5, 5.41) is 19.7. The van der Waals surface area contributed by atoms with Gasteiger partial charge in [0.15, 0.2) is 4.34 Å². The van der Waals surface area contributed by atoms with Gasteiger partial charge in [-0.05, 0) is 19.1 Å². The lowest BCUT2D eigenvalue weighted by Gasteiger charge is -2.01. The van der Waals surface area contributed by atoms with Crippen LogP contribution in [0.4, 0.5) is 15.2 Å². The van der Waals surface area contributed by atoms with E-state index in [0.717, 1.165) is 0 Å². The molecule has 0 unspecified atom stereocenters. The van der Waals surface area contributed by atoms with Crippen molar-refractivity contribution in [1.82, 2.24) is 10.2 Å². The van der Waals surface area contributed by atoms with Crippen molar-refractivity contribution in [2.75, 3.05) is 5.32 Å². The maximum absolute atomic E-state index is 13.4. The molecule has 2 rings (SSSR count). The Morgan fingerprint density at radius 2 is 2.22 bits per heavy atom. The second-order valence-electron chi connectivity index (χ2n) is 3.37. The minimum atomic E-state index is -0.340. The summed E-state index contributed by atoms with van der Waals surface area (Å²) in [6.45, 7) is 1.79. The lowest BCUT2D eigenvalue weighted by molar-refractivity contribution is 0.632. The van der Waals surface area contributed by atoms with E-state index in [1.54, 1.807) is 25.1 Å². The Labute approximate surface area is 112 Å². The first-order chi connectivity index (χ1) is 8.69. The SMILES string of the molecule is C[C@H](C#N)Sc1nnc(Nc2ccccc2F)s1. The molecule has 92 valence electrons. The molecule has 0 saturated heterocycles. The predicted molar refractivity (Wildman–Crippen MR) is 70.5 cm³/mol. The number of para-hydroxylation sites is 1. The molecule has 0 amide bonds. The summed E-state index contributed by atoms with van der Waals surface area (Å²) in [5.74, 6) is -0.340. The normalized spacial score (nSPS) is 11.8. The van der Waals surface area contributed by atoms with E-state index < -0.39 is 0 Å². The molecule has 0 fully saturated rings. The highest BCUT2D eigenvalue weighted by atomic mass is 32.2. The minimum absolute atomic E-state index is 0.181. The topological polar surface area (TPSA) is 61.6 Å². The van der Waals surface area contributed by atoms with Gasteiger partial charge in [-0.15, -0.1) is 10.2 Å². The second kappa shape index (κ2) is 5.80. The molecule has 0 spiro atoms. The Morgan fingerprint density at radius 3 is 2.94 bits per heavy atom. The molecule has 7 heteroatoms. The van der Waals surface area contributed by atoms with Crippen LogP contribution < -0.4 is 5.32 Å². The predicted octanol–water partition coefficient (Wildman–Crippen LogP) is 3.42. The summed E-state index contributed by atoms with van der Waals surface area (Å²) < 4.78 is 14.1. The van der Waals surface area contributed by atoms with E-state index in [2.05, 4.69) is 21.6 Å². The van der Waals surface area contributed by atoms with E-state index in [4.69, 9.17) is 5.26 Å². The van der Waals surface area contributed by atoms with Crippen molar-refractivity contribution in [2.24, 2.45) is 0 Å².